The van der Waals surface area contributed by atoms with Crippen LogP contribution in [0.3, 0.4) is 0 Å². The van der Waals surface area contributed by atoms with Crippen molar-refractivity contribution in [3.05, 3.63) is 46.4 Å². The van der Waals surface area contributed by atoms with Crippen LogP contribution in [0, 0.1) is 0 Å². The molecule has 0 unspecified atom stereocenters. The fourth-order valence-corrected chi connectivity index (χ4v) is 5.13. The van der Waals surface area contributed by atoms with E-state index in [0.29, 0.717) is 35.0 Å². The molecule has 0 radical (unpaired) electrons. The van der Waals surface area contributed by atoms with Crippen LogP contribution in [0.2, 0.25) is 0 Å². The smallest absolute Gasteiger partial charge is 0.347 e. The molecule has 7 nitrogen and oxygen atoms in total. The number of rotatable bonds is 5. The summed E-state index contributed by atoms with van der Waals surface area (Å²) in [5, 5.41) is 0.522. The Morgan fingerprint density at radius 3 is 2.66 bits per heavy atom. The molecule has 5 rings (SSSR count). The molecule has 0 aliphatic carbocycles. The summed E-state index contributed by atoms with van der Waals surface area (Å²) in [5.41, 5.74) is 1.86. The predicted molar refractivity (Wildman–Crippen MR) is 125 cm³/mol. The van der Waals surface area contributed by atoms with Crippen LogP contribution < -0.4 is 15.3 Å². The van der Waals surface area contributed by atoms with Crippen molar-refractivity contribution in [3.8, 4) is 17.2 Å². The average Bonchev–Trinajstić information content (AvgIpc) is 3.38. The van der Waals surface area contributed by atoms with Gasteiger partial charge in [-0.25, -0.2) is 14.8 Å². The summed E-state index contributed by atoms with van der Waals surface area (Å²) in [5.74, 6) is 1.83. The highest BCUT2D eigenvalue weighted by Crippen LogP contribution is 2.32. The standard InChI is InChI=1S/C25H30N4O3/c1-3-17-15-19(31-2)16-21-22(17)25(30)32-24(27-21)20-7-6-10-26-23(20)29-13-8-18(9-14-29)28-11-4-5-12-28/h6-7,10,15-16,18H,3-5,8-9,11-14H2,1-2H3. The Hall–Kier alpha value is -2.93. The Morgan fingerprint density at radius 2 is 1.94 bits per heavy atom. The number of ether oxygens (including phenoxy) is 1. The van der Waals surface area contributed by atoms with E-state index in [2.05, 4.69) is 14.8 Å². The van der Waals surface area contributed by atoms with E-state index in [1.165, 1.54) is 25.9 Å². The van der Waals surface area contributed by atoms with Crippen molar-refractivity contribution in [1.82, 2.24) is 14.9 Å². The van der Waals surface area contributed by atoms with Gasteiger partial charge in [-0.2, -0.15) is 0 Å². The molecule has 32 heavy (non-hydrogen) atoms. The van der Waals surface area contributed by atoms with Crippen molar-refractivity contribution in [2.45, 2.75) is 45.1 Å². The average molecular weight is 435 g/mol. The van der Waals surface area contributed by atoms with Crippen molar-refractivity contribution in [2.24, 2.45) is 0 Å². The van der Waals surface area contributed by atoms with Crippen molar-refractivity contribution in [1.29, 1.82) is 0 Å². The number of anilines is 1. The maximum atomic E-state index is 12.9. The normalized spacial score (nSPS) is 17.9. The van der Waals surface area contributed by atoms with Gasteiger partial charge in [0.25, 0.3) is 0 Å². The molecule has 0 spiro atoms. The highest BCUT2D eigenvalue weighted by molar-refractivity contribution is 5.84. The number of aromatic nitrogens is 2. The van der Waals surface area contributed by atoms with Crippen LogP contribution in [0.1, 0.15) is 38.2 Å². The number of likely N-dealkylation sites (tertiary alicyclic amines) is 1. The van der Waals surface area contributed by atoms with Gasteiger partial charge in [0.1, 0.15) is 11.6 Å². The zero-order valence-corrected chi connectivity index (χ0v) is 18.8. The number of piperidine rings is 1. The number of hydrogen-bond donors (Lipinski definition) is 0. The molecule has 0 amide bonds. The van der Waals surface area contributed by atoms with Crippen molar-refractivity contribution < 1.29 is 9.15 Å². The molecular formula is C25H30N4O3. The first-order chi connectivity index (χ1) is 15.7. The third-order valence-electron chi connectivity index (χ3n) is 6.84. The Balaban J connectivity index is 1.49. The summed E-state index contributed by atoms with van der Waals surface area (Å²) in [6, 6.07) is 8.14. The van der Waals surface area contributed by atoms with Gasteiger partial charge in [0, 0.05) is 31.4 Å². The lowest BCUT2D eigenvalue weighted by Crippen LogP contribution is -2.44. The first-order valence-electron chi connectivity index (χ1n) is 11.6. The predicted octanol–water partition coefficient (Wildman–Crippen LogP) is 3.89. The second kappa shape index (κ2) is 8.90. The number of benzene rings is 1. The summed E-state index contributed by atoms with van der Waals surface area (Å²) in [7, 11) is 1.62. The molecule has 2 fully saturated rings. The molecular weight excluding hydrogens is 404 g/mol. The molecule has 0 atom stereocenters. The maximum Gasteiger partial charge on any atom is 0.347 e. The Bertz CT molecular complexity index is 1160. The van der Waals surface area contributed by atoms with E-state index in [-0.39, 0.29) is 5.63 Å². The number of fused-ring (bicyclic) bond motifs is 1. The fourth-order valence-electron chi connectivity index (χ4n) is 5.13. The number of nitrogens with zero attached hydrogens (tertiary/aromatic N) is 4. The number of aryl methyl sites for hydroxylation is 1. The summed E-state index contributed by atoms with van der Waals surface area (Å²) in [6.07, 6.45) is 7.39. The van der Waals surface area contributed by atoms with Gasteiger partial charge in [-0.3, -0.25) is 0 Å². The van der Waals surface area contributed by atoms with Gasteiger partial charge < -0.3 is 19.0 Å². The summed E-state index contributed by atoms with van der Waals surface area (Å²) >= 11 is 0. The van der Waals surface area contributed by atoms with E-state index < -0.39 is 0 Å². The number of hydrogen-bond acceptors (Lipinski definition) is 7. The van der Waals surface area contributed by atoms with E-state index in [1.807, 2.05) is 25.1 Å². The third kappa shape index (κ3) is 3.86. The van der Waals surface area contributed by atoms with Crippen molar-refractivity contribution in [2.75, 3.05) is 38.2 Å². The summed E-state index contributed by atoms with van der Waals surface area (Å²) in [6.45, 7) is 6.35. The molecule has 3 aromatic rings. The molecule has 2 aliphatic heterocycles. The zero-order valence-electron chi connectivity index (χ0n) is 18.8. The van der Waals surface area contributed by atoms with Gasteiger partial charge in [0.2, 0.25) is 5.89 Å². The first kappa shape index (κ1) is 20.9. The van der Waals surface area contributed by atoms with Crippen LogP contribution in [0.4, 0.5) is 5.82 Å². The molecule has 0 saturated carbocycles. The van der Waals surface area contributed by atoms with Crippen LogP contribution >= 0.6 is 0 Å². The third-order valence-corrected chi connectivity index (χ3v) is 6.84. The second-order valence-corrected chi connectivity index (χ2v) is 8.68. The molecule has 0 bridgehead atoms. The van der Waals surface area contributed by atoms with Crippen LogP contribution in [0.25, 0.3) is 22.4 Å². The monoisotopic (exact) mass is 434 g/mol. The SMILES string of the molecule is CCc1cc(OC)cc2nc(-c3cccnc3N3CCC(N4CCCC4)CC3)oc(=O)c12. The molecule has 4 heterocycles. The van der Waals surface area contributed by atoms with E-state index in [9.17, 15) is 4.79 Å². The van der Waals surface area contributed by atoms with Gasteiger partial charge in [0.05, 0.1) is 23.6 Å². The molecule has 0 N–H and O–H groups in total. The minimum absolute atomic E-state index is 0.308. The van der Waals surface area contributed by atoms with Gasteiger partial charge in [-0.15, -0.1) is 0 Å². The van der Waals surface area contributed by atoms with E-state index in [4.69, 9.17) is 14.1 Å². The van der Waals surface area contributed by atoms with Gasteiger partial charge in [0.15, 0.2) is 0 Å². The highest BCUT2D eigenvalue weighted by atomic mass is 16.5. The van der Waals surface area contributed by atoms with E-state index >= 15 is 0 Å². The lowest BCUT2D eigenvalue weighted by Gasteiger charge is -2.37. The molecule has 7 heteroatoms. The Labute approximate surface area is 188 Å². The topological polar surface area (TPSA) is 71.7 Å². The second-order valence-electron chi connectivity index (χ2n) is 8.68. The maximum absolute atomic E-state index is 12.9. The molecule has 2 aromatic heterocycles. The van der Waals surface area contributed by atoms with Crippen LogP contribution in [-0.4, -0.2) is 54.2 Å². The number of methoxy groups -OCH3 is 1. The fraction of sp³-hybridized carbons (Fsp3) is 0.480. The first-order valence-corrected chi connectivity index (χ1v) is 11.6. The molecule has 1 aromatic carbocycles. The van der Waals surface area contributed by atoms with Crippen LogP contribution in [0.5, 0.6) is 5.75 Å². The minimum Gasteiger partial charge on any atom is -0.497 e. The van der Waals surface area contributed by atoms with E-state index in [0.717, 1.165) is 42.9 Å². The van der Waals surface area contributed by atoms with E-state index in [1.54, 1.807) is 19.4 Å². The molecule has 2 aliphatic rings. The molecule has 2 saturated heterocycles. The molecule has 168 valence electrons. The lowest BCUT2D eigenvalue weighted by molar-refractivity contribution is 0.207. The highest BCUT2D eigenvalue weighted by Gasteiger charge is 2.28. The van der Waals surface area contributed by atoms with Crippen molar-refractivity contribution >= 4 is 16.7 Å². The summed E-state index contributed by atoms with van der Waals surface area (Å²) < 4.78 is 11.2. The lowest BCUT2D eigenvalue weighted by atomic mass is 10.0. The minimum atomic E-state index is -0.368. The summed E-state index contributed by atoms with van der Waals surface area (Å²) in [4.78, 5) is 27.3. The quantitative estimate of drug-likeness (QED) is 0.603. The Morgan fingerprint density at radius 1 is 1.16 bits per heavy atom. The zero-order chi connectivity index (χ0) is 22.1. The van der Waals surface area contributed by atoms with Gasteiger partial charge in [-0.05, 0) is 69.0 Å². The largest absolute Gasteiger partial charge is 0.497 e. The van der Waals surface area contributed by atoms with Crippen LogP contribution in [0.15, 0.2) is 39.7 Å². The van der Waals surface area contributed by atoms with Gasteiger partial charge in [-0.1, -0.05) is 6.92 Å². The van der Waals surface area contributed by atoms with Crippen molar-refractivity contribution in [3.63, 3.8) is 0 Å². The number of pyridine rings is 1. The van der Waals surface area contributed by atoms with Crippen LogP contribution in [-0.2, 0) is 6.42 Å². The Kier molecular flexibility index (Phi) is 5.83. The van der Waals surface area contributed by atoms with Gasteiger partial charge >= 0.3 is 5.63 Å².